The molecule has 124 valence electrons. The van der Waals surface area contributed by atoms with Crippen molar-refractivity contribution in [3.63, 3.8) is 0 Å². The second-order valence-corrected chi connectivity index (χ2v) is 7.49. The molecule has 1 N–H and O–H groups in total. The number of nitrogens with zero attached hydrogens (tertiary/aromatic N) is 2. The molecule has 4 rings (SSSR count). The number of H-pyrrole nitrogens is 1. The van der Waals surface area contributed by atoms with Crippen molar-refractivity contribution < 1.29 is 4.79 Å². The van der Waals surface area contributed by atoms with Crippen molar-refractivity contribution in [2.75, 3.05) is 0 Å². The Labute approximate surface area is 156 Å². The zero-order chi connectivity index (χ0) is 17.4. The third-order valence-corrected chi connectivity index (χ3v) is 5.51. The topological polar surface area (TPSA) is 50.1 Å². The highest BCUT2D eigenvalue weighted by Crippen LogP contribution is 2.23. The summed E-state index contributed by atoms with van der Waals surface area (Å²) in [5.74, 6) is -0.249. The van der Waals surface area contributed by atoms with E-state index in [1.165, 1.54) is 11.3 Å². The van der Waals surface area contributed by atoms with Gasteiger partial charge in [-0.15, -0.1) is 6.58 Å². The summed E-state index contributed by atoms with van der Waals surface area (Å²) in [5, 5.41) is 0.885. The Morgan fingerprint density at radius 2 is 2.16 bits per heavy atom. The predicted molar refractivity (Wildman–Crippen MR) is 106 cm³/mol. The molecule has 0 aliphatic carbocycles. The molecule has 6 heteroatoms. The van der Waals surface area contributed by atoms with Gasteiger partial charge in [0.1, 0.15) is 0 Å². The average Bonchev–Trinajstić information content (AvgIpc) is 3.17. The zero-order valence-electron chi connectivity index (χ0n) is 13.2. The molecule has 25 heavy (non-hydrogen) atoms. The Kier molecular flexibility index (Phi) is 4.15. The van der Waals surface area contributed by atoms with Crippen molar-refractivity contribution >= 4 is 54.3 Å². The first-order valence-electron chi connectivity index (χ1n) is 7.72. The normalized spacial score (nSPS) is 12.1. The molecular formula is C19H14BrN3OS. The van der Waals surface area contributed by atoms with Crippen LogP contribution in [0.15, 0.2) is 70.8 Å². The molecule has 4 nitrogen and oxygen atoms in total. The quantitative estimate of drug-likeness (QED) is 0.480. The minimum Gasteiger partial charge on any atom is -0.360 e. The molecule has 1 amide bonds. The predicted octanol–water partition coefficient (Wildman–Crippen LogP) is 4.87. The molecule has 0 radical (unpaired) electrons. The number of allylic oxidation sites excluding steroid dienone is 1. The maximum absolute atomic E-state index is 12.8. The molecular weight excluding hydrogens is 398 g/mol. The van der Waals surface area contributed by atoms with Crippen LogP contribution in [-0.2, 0) is 6.54 Å². The lowest BCUT2D eigenvalue weighted by Gasteiger charge is -2.00. The molecule has 0 spiro atoms. The van der Waals surface area contributed by atoms with Gasteiger partial charge in [-0.1, -0.05) is 51.5 Å². The number of aromatic amines is 1. The molecule has 0 aliphatic rings. The van der Waals surface area contributed by atoms with Gasteiger partial charge in [-0.25, -0.2) is 0 Å². The Morgan fingerprint density at radius 3 is 3.00 bits per heavy atom. The lowest BCUT2D eigenvalue weighted by molar-refractivity contribution is 0.0999. The SMILES string of the molecule is C=CCn1c(=NC(=O)c2c[nH]c3ccccc23)sc2cc(Br)ccc21. The highest BCUT2D eigenvalue weighted by molar-refractivity contribution is 9.10. The zero-order valence-corrected chi connectivity index (χ0v) is 15.6. The third kappa shape index (κ3) is 2.88. The number of benzene rings is 2. The molecule has 2 aromatic carbocycles. The van der Waals surface area contributed by atoms with Crippen LogP contribution >= 0.6 is 27.3 Å². The smallest absolute Gasteiger partial charge is 0.281 e. The van der Waals surface area contributed by atoms with Gasteiger partial charge in [0, 0.05) is 28.1 Å². The van der Waals surface area contributed by atoms with E-state index in [-0.39, 0.29) is 5.91 Å². The molecule has 0 aliphatic heterocycles. The van der Waals surface area contributed by atoms with E-state index in [1.807, 2.05) is 53.1 Å². The van der Waals surface area contributed by atoms with Crippen LogP contribution in [0.4, 0.5) is 0 Å². The summed E-state index contributed by atoms with van der Waals surface area (Å²) in [6, 6.07) is 13.8. The van der Waals surface area contributed by atoms with E-state index < -0.39 is 0 Å². The number of hydrogen-bond acceptors (Lipinski definition) is 2. The van der Waals surface area contributed by atoms with Gasteiger partial charge >= 0.3 is 0 Å². The maximum atomic E-state index is 12.8. The van der Waals surface area contributed by atoms with Gasteiger partial charge < -0.3 is 9.55 Å². The summed E-state index contributed by atoms with van der Waals surface area (Å²) >= 11 is 4.99. The van der Waals surface area contributed by atoms with E-state index in [2.05, 4.69) is 32.5 Å². The lowest BCUT2D eigenvalue weighted by atomic mass is 10.2. The van der Waals surface area contributed by atoms with Crippen LogP contribution in [0.1, 0.15) is 10.4 Å². The maximum Gasteiger partial charge on any atom is 0.281 e. The minimum absolute atomic E-state index is 0.249. The van der Waals surface area contributed by atoms with E-state index >= 15 is 0 Å². The summed E-state index contributed by atoms with van der Waals surface area (Å²) in [6.07, 6.45) is 3.53. The molecule has 0 atom stereocenters. The number of carbonyl (C=O) groups excluding carboxylic acids is 1. The number of hydrogen-bond donors (Lipinski definition) is 1. The van der Waals surface area contributed by atoms with Gasteiger partial charge in [0.15, 0.2) is 4.80 Å². The van der Waals surface area contributed by atoms with Gasteiger partial charge in [-0.05, 0) is 24.3 Å². The standard InChI is InChI=1S/C19H14BrN3OS/c1-2-9-23-16-8-7-12(20)10-17(16)25-19(23)22-18(24)14-11-21-15-6-4-3-5-13(14)15/h2-8,10-11,21H,1,9H2. The van der Waals surface area contributed by atoms with Crippen molar-refractivity contribution in [1.82, 2.24) is 9.55 Å². The van der Waals surface area contributed by atoms with Crippen molar-refractivity contribution in [2.45, 2.75) is 6.54 Å². The number of fused-ring (bicyclic) bond motifs is 2. The molecule has 0 fully saturated rings. The number of aromatic nitrogens is 2. The fourth-order valence-electron chi connectivity index (χ4n) is 2.83. The van der Waals surface area contributed by atoms with Gasteiger partial charge in [-0.2, -0.15) is 4.99 Å². The van der Waals surface area contributed by atoms with Crippen LogP contribution in [0.25, 0.3) is 21.1 Å². The molecule has 0 saturated heterocycles. The number of para-hydroxylation sites is 1. The Bertz CT molecular complexity index is 1180. The van der Waals surface area contributed by atoms with E-state index in [4.69, 9.17) is 0 Å². The van der Waals surface area contributed by atoms with Crippen molar-refractivity contribution in [3.05, 3.63) is 76.2 Å². The van der Waals surface area contributed by atoms with Crippen molar-refractivity contribution in [2.24, 2.45) is 4.99 Å². The fraction of sp³-hybridized carbons (Fsp3) is 0.0526. The highest BCUT2D eigenvalue weighted by atomic mass is 79.9. The first-order chi connectivity index (χ1) is 12.2. The lowest BCUT2D eigenvalue weighted by Crippen LogP contribution is -2.16. The van der Waals surface area contributed by atoms with Crippen LogP contribution < -0.4 is 4.80 Å². The second kappa shape index (κ2) is 6.46. The van der Waals surface area contributed by atoms with Crippen LogP contribution in [0.3, 0.4) is 0 Å². The Morgan fingerprint density at radius 1 is 1.32 bits per heavy atom. The largest absolute Gasteiger partial charge is 0.360 e. The highest BCUT2D eigenvalue weighted by Gasteiger charge is 2.12. The molecule has 0 saturated carbocycles. The third-order valence-electron chi connectivity index (χ3n) is 3.97. The first kappa shape index (κ1) is 16.1. The molecule has 0 bridgehead atoms. The van der Waals surface area contributed by atoms with Crippen LogP contribution in [0, 0.1) is 0 Å². The fourth-order valence-corrected chi connectivity index (χ4v) is 4.42. The summed E-state index contributed by atoms with van der Waals surface area (Å²) in [5.41, 5.74) is 2.55. The minimum atomic E-state index is -0.249. The number of halogens is 1. The molecule has 2 heterocycles. The summed E-state index contributed by atoms with van der Waals surface area (Å²) in [7, 11) is 0. The molecule has 2 aromatic heterocycles. The summed E-state index contributed by atoms with van der Waals surface area (Å²) < 4.78 is 4.08. The molecule has 0 unspecified atom stereocenters. The second-order valence-electron chi connectivity index (χ2n) is 5.56. The van der Waals surface area contributed by atoms with E-state index in [9.17, 15) is 4.79 Å². The number of carbonyl (C=O) groups is 1. The Balaban J connectivity index is 1.89. The monoisotopic (exact) mass is 411 g/mol. The van der Waals surface area contributed by atoms with Gasteiger partial charge in [0.25, 0.3) is 5.91 Å². The average molecular weight is 412 g/mol. The number of rotatable bonds is 3. The van der Waals surface area contributed by atoms with Gasteiger partial charge in [-0.3, -0.25) is 4.79 Å². The van der Waals surface area contributed by atoms with E-state index in [0.717, 1.165) is 25.6 Å². The van der Waals surface area contributed by atoms with Crippen LogP contribution in [0.2, 0.25) is 0 Å². The van der Waals surface area contributed by atoms with Crippen LogP contribution in [-0.4, -0.2) is 15.5 Å². The summed E-state index contributed by atoms with van der Waals surface area (Å²) in [6.45, 7) is 4.41. The Hall–Kier alpha value is -2.44. The number of thiazole rings is 1. The van der Waals surface area contributed by atoms with Crippen molar-refractivity contribution in [1.29, 1.82) is 0 Å². The van der Waals surface area contributed by atoms with Crippen LogP contribution in [0.5, 0.6) is 0 Å². The molecule has 4 aromatic rings. The van der Waals surface area contributed by atoms with Gasteiger partial charge in [0.2, 0.25) is 0 Å². The van der Waals surface area contributed by atoms with Crippen molar-refractivity contribution in [3.8, 4) is 0 Å². The number of amides is 1. The van der Waals surface area contributed by atoms with Gasteiger partial charge in [0.05, 0.1) is 15.8 Å². The first-order valence-corrected chi connectivity index (χ1v) is 9.33. The number of nitrogens with one attached hydrogen (secondary N) is 1. The van der Waals surface area contributed by atoms with E-state index in [1.54, 1.807) is 6.20 Å². The van der Waals surface area contributed by atoms with E-state index in [0.29, 0.717) is 16.9 Å². The summed E-state index contributed by atoms with van der Waals surface area (Å²) in [4.78, 5) is 20.9.